The third-order valence-corrected chi connectivity index (χ3v) is 4.14. The molecule has 1 unspecified atom stereocenters. The Kier molecular flexibility index (Phi) is 6.54. The Balaban J connectivity index is 2.44. The number of carbonyl (C=O) groups is 3. The molecule has 0 fully saturated rings. The first-order chi connectivity index (χ1) is 12.6. The van der Waals surface area contributed by atoms with E-state index in [9.17, 15) is 14.4 Å². The number of carbonyl (C=O) groups excluding carboxylic acids is 3. The van der Waals surface area contributed by atoms with Gasteiger partial charge in [-0.1, -0.05) is 34.1 Å². The van der Waals surface area contributed by atoms with Gasteiger partial charge < -0.3 is 10.1 Å². The molecule has 1 N–H and O–H groups in total. The van der Waals surface area contributed by atoms with Crippen LogP contribution >= 0.6 is 15.9 Å². The highest BCUT2D eigenvalue weighted by molar-refractivity contribution is 9.10. The summed E-state index contributed by atoms with van der Waals surface area (Å²) in [6.45, 7) is 6.50. The minimum absolute atomic E-state index is 0.244. The van der Waals surface area contributed by atoms with Gasteiger partial charge in [-0.3, -0.25) is 14.4 Å². The van der Waals surface area contributed by atoms with Gasteiger partial charge in [-0.25, -0.2) is 0 Å². The van der Waals surface area contributed by atoms with Crippen LogP contribution in [0.15, 0.2) is 53.0 Å². The third-order valence-electron chi connectivity index (χ3n) is 3.65. The molecule has 1 amide bonds. The number of Topliss-reactive ketones (excluding diaryl/α,β-unsaturated/α-hetero) is 1. The maximum absolute atomic E-state index is 12.8. The molecule has 0 bridgehead atoms. The van der Waals surface area contributed by atoms with Crippen LogP contribution in [-0.4, -0.2) is 23.3 Å². The summed E-state index contributed by atoms with van der Waals surface area (Å²) in [4.78, 5) is 37.7. The summed E-state index contributed by atoms with van der Waals surface area (Å²) in [5.74, 6) is -2.66. The number of benzene rings is 2. The third kappa shape index (κ3) is 5.76. The van der Waals surface area contributed by atoms with Crippen LogP contribution in [0, 0.1) is 0 Å². The van der Waals surface area contributed by atoms with Gasteiger partial charge in [0.25, 0.3) is 5.91 Å². The standard InChI is InChI=1S/C21H22BrNO4/c1-13(24)18(20(26)27-21(2,3)4)17-12-14(22)10-11-16(17)19(25)23-15-8-6-5-7-9-15/h5-12,18H,1-4H3,(H,23,25). The summed E-state index contributed by atoms with van der Waals surface area (Å²) < 4.78 is 6.06. The molecule has 0 heterocycles. The predicted octanol–water partition coefficient (Wildman–Crippen LogP) is 4.72. The van der Waals surface area contributed by atoms with E-state index < -0.39 is 29.2 Å². The molecule has 142 valence electrons. The van der Waals surface area contributed by atoms with Crippen molar-refractivity contribution in [2.75, 3.05) is 5.32 Å². The van der Waals surface area contributed by atoms with Gasteiger partial charge in [0.2, 0.25) is 0 Å². The van der Waals surface area contributed by atoms with Crippen molar-refractivity contribution in [2.45, 2.75) is 39.2 Å². The Morgan fingerprint density at radius 1 is 1.04 bits per heavy atom. The number of ketones is 1. The average Bonchev–Trinajstić information content (AvgIpc) is 2.53. The lowest BCUT2D eigenvalue weighted by Crippen LogP contribution is -2.32. The molecule has 0 spiro atoms. The molecule has 0 radical (unpaired) electrons. The van der Waals surface area contributed by atoms with Crippen LogP contribution < -0.4 is 5.32 Å². The monoisotopic (exact) mass is 431 g/mol. The summed E-state index contributed by atoms with van der Waals surface area (Å²) in [6, 6.07) is 13.8. The van der Waals surface area contributed by atoms with Gasteiger partial charge in [0.05, 0.1) is 0 Å². The molecule has 2 aromatic rings. The van der Waals surface area contributed by atoms with Crippen molar-refractivity contribution in [3.63, 3.8) is 0 Å². The van der Waals surface area contributed by atoms with Gasteiger partial charge in [0.1, 0.15) is 17.3 Å². The number of anilines is 1. The first kappa shape index (κ1) is 20.8. The topological polar surface area (TPSA) is 72.5 Å². The number of hydrogen-bond acceptors (Lipinski definition) is 4. The Hall–Kier alpha value is -2.47. The average molecular weight is 432 g/mol. The van der Waals surface area contributed by atoms with Gasteiger partial charge in [-0.2, -0.15) is 0 Å². The normalized spacial score (nSPS) is 12.2. The highest BCUT2D eigenvalue weighted by Gasteiger charge is 2.33. The minimum atomic E-state index is -1.18. The highest BCUT2D eigenvalue weighted by atomic mass is 79.9. The lowest BCUT2D eigenvalue weighted by Gasteiger charge is -2.24. The molecule has 0 aromatic heterocycles. The van der Waals surface area contributed by atoms with Crippen LogP contribution in [0.2, 0.25) is 0 Å². The summed E-state index contributed by atoms with van der Waals surface area (Å²) in [6.07, 6.45) is 0. The Morgan fingerprint density at radius 2 is 1.67 bits per heavy atom. The zero-order valence-electron chi connectivity index (χ0n) is 15.7. The van der Waals surface area contributed by atoms with Crippen molar-refractivity contribution in [3.05, 3.63) is 64.1 Å². The fourth-order valence-electron chi connectivity index (χ4n) is 2.57. The summed E-state index contributed by atoms with van der Waals surface area (Å²) >= 11 is 3.35. The smallest absolute Gasteiger partial charge is 0.321 e. The number of halogens is 1. The van der Waals surface area contributed by atoms with Gasteiger partial charge in [0.15, 0.2) is 0 Å². The van der Waals surface area contributed by atoms with E-state index in [1.807, 2.05) is 6.07 Å². The summed E-state index contributed by atoms with van der Waals surface area (Å²) in [7, 11) is 0. The van der Waals surface area contributed by atoms with E-state index in [2.05, 4.69) is 21.2 Å². The number of rotatable bonds is 5. The van der Waals surface area contributed by atoms with E-state index in [0.29, 0.717) is 15.7 Å². The van der Waals surface area contributed by atoms with Crippen molar-refractivity contribution < 1.29 is 19.1 Å². The van der Waals surface area contributed by atoms with Crippen LogP contribution in [0.3, 0.4) is 0 Å². The molecule has 5 nitrogen and oxygen atoms in total. The molecule has 0 saturated carbocycles. The number of nitrogens with one attached hydrogen (secondary N) is 1. The summed E-state index contributed by atoms with van der Waals surface area (Å²) in [5, 5.41) is 2.78. The molecular formula is C21H22BrNO4. The zero-order chi connectivity index (χ0) is 20.2. The number of para-hydroxylation sites is 1. The number of esters is 1. The van der Waals surface area contributed by atoms with Crippen molar-refractivity contribution in [2.24, 2.45) is 0 Å². The Morgan fingerprint density at radius 3 is 2.22 bits per heavy atom. The Labute approximate surface area is 167 Å². The molecular weight excluding hydrogens is 410 g/mol. The van der Waals surface area contributed by atoms with Gasteiger partial charge >= 0.3 is 5.97 Å². The van der Waals surface area contributed by atoms with Crippen molar-refractivity contribution >= 4 is 39.3 Å². The van der Waals surface area contributed by atoms with Crippen LogP contribution in [0.1, 0.15) is 49.5 Å². The molecule has 0 aliphatic heterocycles. The lowest BCUT2D eigenvalue weighted by atomic mass is 9.90. The molecule has 0 aliphatic rings. The second-order valence-electron chi connectivity index (χ2n) is 7.13. The first-order valence-corrected chi connectivity index (χ1v) is 9.27. The van der Waals surface area contributed by atoms with Crippen LogP contribution in [0.25, 0.3) is 0 Å². The van der Waals surface area contributed by atoms with Crippen molar-refractivity contribution in [3.8, 4) is 0 Å². The van der Waals surface area contributed by atoms with Crippen LogP contribution in [0.4, 0.5) is 5.69 Å². The number of hydrogen-bond donors (Lipinski definition) is 1. The number of amides is 1. The van der Waals surface area contributed by atoms with E-state index in [1.54, 1.807) is 63.2 Å². The van der Waals surface area contributed by atoms with Crippen LogP contribution in [-0.2, 0) is 14.3 Å². The first-order valence-electron chi connectivity index (χ1n) is 8.47. The number of ether oxygens (including phenoxy) is 1. The molecule has 0 aliphatic carbocycles. The SMILES string of the molecule is CC(=O)C(C(=O)OC(C)(C)C)c1cc(Br)ccc1C(=O)Nc1ccccc1. The van der Waals surface area contributed by atoms with E-state index >= 15 is 0 Å². The van der Waals surface area contributed by atoms with Gasteiger partial charge in [0, 0.05) is 15.7 Å². The van der Waals surface area contributed by atoms with Crippen LogP contribution in [0.5, 0.6) is 0 Å². The predicted molar refractivity (Wildman–Crippen MR) is 108 cm³/mol. The fraction of sp³-hybridized carbons (Fsp3) is 0.286. The zero-order valence-corrected chi connectivity index (χ0v) is 17.3. The quantitative estimate of drug-likeness (QED) is 0.549. The molecule has 2 aromatic carbocycles. The van der Waals surface area contributed by atoms with Crippen molar-refractivity contribution in [1.82, 2.24) is 0 Å². The maximum Gasteiger partial charge on any atom is 0.321 e. The largest absolute Gasteiger partial charge is 0.459 e. The summed E-state index contributed by atoms with van der Waals surface area (Å²) in [5.41, 5.74) is 0.421. The maximum atomic E-state index is 12.8. The second-order valence-corrected chi connectivity index (χ2v) is 8.04. The van der Waals surface area contributed by atoms with E-state index in [1.165, 1.54) is 6.92 Å². The van der Waals surface area contributed by atoms with E-state index in [-0.39, 0.29) is 5.56 Å². The molecule has 2 rings (SSSR count). The lowest BCUT2D eigenvalue weighted by molar-refractivity contribution is -0.158. The van der Waals surface area contributed by atoms with Gasteiger partial charge in [-0.15, -0.1) is 0 Å². The molecule has 1 atom stereocenters. The van der Waals surface area contributed by atoms with E-state index in [0.717, 1.165) is 0 Å². The van der Waals surface area contributed by atoms with Gasteiger partial charge in [-0.05, 0) is 63.6 Å². The molecule has 6 heteroatoms. The van der Waals surface area contributed by atoms with E-state index in [4.69, 9.17) is 4.74 Å². The Bertz CT molecular complexity index is 856. The highest BCUT2D eigenvalue weighted by Crippen LogP contribution is 2.28. The molecule has 0 saturated heterocycles. The molecule has 27 heavy (non-hydrogen) atoms. The minimum Gasteiger partial charge on any atom is -0.459 e. The fourth-order valence-corrected chi connectivity index (χ4v) is 2.95. The second kappa shape index (κ2) is 8.48. The van der Waals surface area contributed by atoms with Crippen molar-refractivity contribution in [1.29, 1.82) is 0 Å².